The van der Waals surface area contributed by atoms with Crippen LogP contribution >= 0.6 is 0 Å². The monoisotopic (exact) mass is 238 g/mol. The Kier molecular flexibility index (Phi) is 4.48. The quantitative estimate of drug-likeness (QED) is 0.746. The molecule has 0 spiro atoms. The molecule has 0 saturated carbocycles. The smallest absolute Gasteiger partial charge is 0.00385 e. The highest BCUT2D eigenvalue weighted by Crippen LogP contribution is 2.33. The Morgan fingerprint density at radius 2 is 1.53 bits per heavy atom. The Labute approximate surface area is 107 Å². The van der Waals surface area contributed by atoms with E-state index in [9.17, 15) is 0 Å². The summed E-state index contributed by atoms with van der Waals surface area (Å²) in [7, 11) is 0. The lowest BCUT2D eigenvalue weighted by molar-refractivity contribution is 0.0549. The van der Waals surface area contributed by atoms with E-state index in [1.807, 2.05) is 0 Å². The van der Waals surface area contributed by atoms with Crippen LogP contribution in [0.1, 0.15) is 52.9 Å². The molecule has 0 unspecified atom stereocenters. The number of hydrogen-bond donors (Lipinski definition) is 0. The Morgan fingerprint density at radius 1 is 0.941 bits per heavy atom. The van der Waals surface area contributed by atoms with Gasteiger partial charge in [0.15, 0.2) is 0 Å². The largest absolute Gasteiger partial charge is 0.303 e. The van der Waals surface area contributed by atoms with Crippen LogP contribution in [0.15, 0.2) is 0 Å². The summed E-state index contributed by atoms with van der Waals surface area (Å²) in [5.74, 6) is 0. The standard InChI is InChI=1S/C15H30N2/c1-14(2)17-11-7-15(3,8-12-17)13-16-9-5-4-6-10-16/h14H,4-13H2,1-3H3. The number of hydrogen-bond acceptors (Lipinski definition) is 2. The molecule has 2 saturated heterocycles. The molecule has 0 radical (unpaired) electrons. The molecule has 2 fully saturated rings. The van der Waals surface area contributed by atoms with Gasteiger partial charge < -0.3 is 9.80 Å². The molecule has 100 valence electrons. The molecule has 0 atom stereocenters. The minimum absolute atomic E-state index is 0.586. The average Bonchev–Trinajstić information content (AvgIpc) is 2.30. The van der Waals surface area contributed by atoms with Crippen molar-refractivity contribution in [1.29, 1.82) is 0 Å². The maximum absolute atomic E-state index is 2.72. The Balaban J connectivity index is 1.80. The van der Waals surface area contributed by atoms with Crippen LogP contribution in [0.5, 0.6) is 0 Å². The van der Waals surface area contributed by atoms with E-state index in [0.29, 0.717) is 5.41 Å². The zero-order valence-corrected chi connectivity index (χ0v) is 12.0. The van der Waals surface area contributed by atoms with Crippen LogP contribution in [0.4, 0.5) is 0 Å². The highest BCUT2D eigenvalue weighted by atomic mass is 15.2. The summed E-state index contributed by atoms with van der Waals surface area (Å²) >= 11 is 0. The lowest BCUT2D eigenvalue weighted by Gasteiger charge is -2.44. The molecule has 2 heteroatoms. The van der Waals surface area contributed by atoms with Crippen molar-refractivity contribution in [3.8, 4) is 0 Å². The van der Waals surface area contributed by atoms with Crippen LogP contribution < -0.4 is 0 Å². The normalized spacial score (nSPS) is 27.5. The van der Waals surface area contributed by atoms with E-state index < -0.39 is 0 Å². The minimum atomic E-state index is 0.586. The van der Waals surface area contributed by atoms with Crippen molar-refractivity contribution in [2.75, 3.05) is 32.7 Å². The molecular formula is C15H30N2. The SMILES string of the molecule is CC(C)N1CCC(C)(CN2CCCCC2)CC1. The van der Waals surface area contributed by atoms with Crippen molar-refractivity contribution >= 4 is 0 Å². The van der Waals surface area contributed by atoms with E-state index in [1.165, 1.54) is 64.8 Å². The fourth-order valence-corrected chi connectivity index (χ4v) is 3.40. The maximum Gasteiger partial charge on any atom is 0.00385 e. The summed E-state index contributed by atoms with van der Waals surface area (Å²) in [6.07, 6.45) is 7.08. The molecule has 0 bridgehead atoms. The van der Waals surface area contributed by atoms with Gasteiger partial charge in [0.2, 0.25) is 0 Å². The Hall–Kier alpha value is -0.0800. The van der Waals surface area contributed by atoms with Crippen LogP contribution in [-0.4, -0.2) is 48.6 Å². The minimum Gasteiger partial charge on any atom is -0.303 e. The zero-order valence-electron chi connectivity index (χ0n) is 12.0. The van der Waals surface area contributed by atoms with Gasteiger partial charge in [-0.2, -0.15) is 0 Å². The number of piperidine rings is 2. The van der Waals surface area contributed by atoms with Crippen molar-refractivity contribution in [2.24, 2.45) is 5.41 Å². The first-order valence-corrected chi connectivity index (χ1v) is 7.55. The first-order valence-electron chi connectivity index (χ1n) is 7.55. The van der Waals surface area contributed by atoms with Gasteiger partial charge in [-0.3, -0.25) is 0 Å². The lowest BCUT2D eigenvalue weighted by Crippen LogP contribution is -2.47. The summed E-state index contributed by atoms with van der Waals surface area (Å²) in [4.78, 5) is 5.35. The number of nitrogens with zero attached hydrogens (tertiary/aromatic N) is 2. The predicted molar refractivity (Wildman–Crippen MR) is 74.3 cm³/mol. The van der Waals surface area contributed by atoms with Gasteiger partial charge in [0.1, 0.15) is 0 Å². The molecule has 2 nitrogen and oxygen atoms in total. The maximum atomic E-state index is 2.72. The molecular weight excluding hydrogens is 208 g/mol. The van der Waals surface area contributed by atoms with Crippen LogP contribution in [0.3, 0.4) is 0 Å². The van der Waals surface area contributed by atoms with Gasteiger partial charge in [0, 0.05) is 12.6 Å². The van der Waals surface area contributed by atoms with Crippen LogP contribution in [0.2, 0.25) is 0 Å². The highest BCUT2D eigenvalue weighted by molar-refractivity contribution is 4.86. The third kappa shape index (κ3) is 3.69. The van der Waals surface area contributed by atoms with Gasteiger partial charge in [-0.1, -0.05) is 13.3 Å². The summed E-state index contributed by atoms with van der Waals surface area (Å²) in [6.45, 7) is 13.8. The van der Waals surface area contributed by atoms with Gasteiger partial charge >= 0.3 is 0 Å². The Morgan fingerprint density at radius 3 is 2.06 bits per heavy atom. The summed E-state index contributed by atoms with van der Waals surface area (Å²) < 4.78 is 0. The van der Waals surface area contributed by atoms with Crippen molar-refractivity contribution in [1.82, 2.24) is 9.80 Å². The fraction of sp³-hybridized carbons (Fsp3) is 1.00. The second-order valence-electron chi connectivity index (χ2n) is 6.78. The summed E-state index contributed by atoms with van der Waals surface area (Å²) in [6, 6.07) is 0.731. The third-order valence-corrected chi connectivity index (χ3v) is 4.79. The molecule has 2 rings (SSSR count). The summed E-state index contributed by atoms with van der Waals surface area (Å²) in [5, 5.41) is 0. The topological polar surface area (TPSA) is 6.48 Å². The van der Waals surface area contributed by atoms with Crippen LogP contribution in [-0.2, 0) is 0 Å². The fourth-order valence-electron chi connectivity index (χ4n) is 3.40. The summed E-state index contributed by atoms with van der Waals surface area (Å²) in [5.41, 5.74) is 0.586. The molecule has 0 N–H and O–H groups in total. The number of likely N-dealkylation sites (tertiary alicyclic amines) is 2. The molecule has 0 amide bonds. The van der Waals surface area contributed by atoms with E-state index in [-0.39, 0.29) is 0 Å². The van der Waals surface area contributed by atoms with Crippen molar-refractivity contribution in [3.63, 3.8) is 0 Å². The Bertz CT molecular complexity index is 223. The lowest BCUT2D eigenvalue weighted by atomic mass is 9.79. The average molecular weight is 238 g/mol. The van der Waals surface area contributed by atoms with E-state index in [2.05, 4.69) is 30.6 Å². The van der Waals surface area contributed by atoms with E-state index in [0.717, 1.165) is 6.04 Å². The molecule has 0 aromatic heterocycles. The van der Waals surface area contributed by atoms with Gasteiger partial charge in [-0.25, -0.2) is 0 Å². The first-order chi connectivity index (χ1) is 8.09. The predicted octanol–water partition coefficient (Wildman–Crippen LogP) is 2.98. The van der Waals surface area contributed by atoms with Crippen molar-refractivity contribution in [3.05, 3.63) is 0 Å². The molecule has 0 aromatic rings. The molecule has 17 heavy (non-hydrogen) atoms. The van der Waals surface area contributed by atoms with E-state index >= 15 is 0 Å². The molecule has 2 aliphatic heterocycles. The third-order valence-electron chi connectivity index (χ3n) is 4.79. The van der Waals surface area contributed by atoms with E-state index in [1.54, 1.807) is 0 Å². The molecule has 2 aliphatic rings. The zero-order chi connectivity index (χ0) is 12.3. The second kappa shape index (κ2) is 5.71. The molecule has 0 aromatic carbocycles. The highest BCUT2D eigenvalue weighted by Gasteiger charge is 2.32. The molecule has 2 heterocycles. The van der Waals surface area contributed by atoms with Crippen molar-refractivity contribution in [2.45, 2.75) is 58.9 Å². The van der Waals surface area contributed by atoms with Gasteiger partial charge in [0.05, 0.1) is 0 Å². The number of rotatable bonds is 3. The van der Waals surface area contributed by atoms with Gasteiger partial charge in [0.25, 0.3) is 0 Å². The van der Waals surface area contributed by atoms with Crippen LogP contribution in [0.25, 0.3) is 0 Å². The van der Waals surface area contributed by atoms with Gasteiger partial charge in [-0.05, 0) is 71.1 Å². The van der Waals surface area contributed by atoms with Gasteiger partial charge in [-0.15, -0.1) is 0 Å². The second-order valence-corrected chi connectivity index (χ2v) is 6.78. The van der Waals surface area contributed by atoms with Crippen molar-refractivity contribution < 1.29 is 0 Å². The van der Waals surface area contributed by atoms with E-state index in [4.69, 9.17) is 0 Å². The van der Waals surface area contributed by atoms with Crippen LogP contribution in [0, 0.1) is 5.41 Å². The molecule has 0 aliphatic carbocycles. The first kappa shape index (κ1) is 13.4.